The van der Waals surface area contributed by atoms with Gasteiger partial charge in [-0.3, -0.25) is 0 Å². The standard InChI is InChI=1S/C12H16F2N2O2/c1-4-7(2)15-10-6-8(11(17)18)5-9(16-10)12(3,13)14/h5-7H,4H2,1-3H3,(H,15,16)(H,17,18). The number of carbonyl (C=O) groups is 1. The number of halogens is 2. The lowest BCUT2D eigenvalue weighted by molar-refractivity contribution is 0.0128. The number of carboxylic acid groups (broad SMARTS) is 1. The summed E-state index contributed by atoms with van der Waals surface area (Å²) >= 11 is 0. The van der Waals surface area contributed by atoms with E-state index in [9.17, 15) is 13.6 Å². The van der Waals surface area contributed by atoms with Crippen molar-refractivity contribution in [2.75, 3.05) is 5.32 Å². The molecule has 0 aliphatic carbocycles. The van der Waals surface area contributed by atoms with E-state index in [4.69, 9.17) is 5.11 Å². The summed E-state index contributed by atoms with van der Waals surface area (Å²) in [6, 6.07) is 2.17. The Hall–Kier alpha value is -1.72. The van der Waals surface area contributed by atoms with Crippen LogP contribution in [0.15, 0.2) is 12.1 Å². The van der Waals surface area contributed by atoms with Crippen LogP contribution in [0.3, 0.4) is 0 Å². The number of pyridine rings is 1. The topological polar surface area (TPSA) is 62.2 Å². The molecule has 0 fully saturated rings. The summed E-state index contributed by atoms with van der Waals surface area (Å²) in [6.45, 7) is 4.47. The SMILES string of the molecule is CCC(C)Nc1cc(C(=O)O)cc(C(C)(F)F)n1. The number of aromatic nitrogens is 1. The molecule has 0 spiro atoms. The normalized spacial score (nSPS) is 13.2. The third-order valence-corrected chi connectivity index (χ3v) is 2.53. The molecular formula is C12H16F2N2O2. The number of aromatic carboxylic acids is 1. The van der Waals surface area contributed by atoms with E-state index in [1.54, 1.807) is 0 Å². The van der Waals surface area contributed by atoms with E-state index in [0.29, 0.717) is 6.92 Å². The van der Waals surface area contributed by atoms with Crippen LogP contribution < -0.4 is 5.32 Å². The quantitative estimate of drug-likeness (QED) is 0.851. The maximum atomic E-state index is 13.2. The largest absolute Gasteiger partial charge is 0.478 e. The fourth-order valence-electron chi connectivity index (χ4n) is 1.31. The zero-order chi connectivity index (χ0) is 13.9. The van der Waals surface area contributed by atoms with E-state index in [0.717, 1.165) is 12.5 Å². The predicted molar refractivity (Wildman–Crippen MR) is 64.1 cm³/mol. The molecule has 18 heavy (non-hydrogen) atoms. The van der Waals surface area contributed by atoms with Gasteiger partial charge in [-0.2, -0.15) is 8.78 Å². The molecule has 0 aliphatic heterocycles. The van der Waals surface area contributed by atoms with Crippen molar-refractivity contribution < 1.29 is 18.7 Å². The van der Waals surface area contributed by atoms with Gasteiger partial charge in [0.1, 0.15) is 11.5 Å². The number of anilines is 1. The van der Waals surface area contributed by atoms with Gasteiger partial charge >= 0.3 is 5.97 Å². The van der Waals surface area contributed by atoms with Gasteiger partial charge < -0.3 is 10.4 Å². The van der Waals surface area contributed by atoms with Crippen LogP contribution in [0.4, 0.5) is 14.6 Å². The molecule has 6 heteroatoms. The van der Waals surface area contributed by atoms with Crippen molar-refractivity contribution in [3.05, 3.63) is 23.4 Å². The Morgan fingerprint density at radius 3 is 2.61 bits per heavy atom. The van der Waals surface area contributed by atoms with E-state index in [1.807, 2.05) is 13.8 Å². The second-order valence-corrected chi connectivity index (χ2v) is 4.27. The highest BCUT2D eigenvalue weighted by molar-refractivity contribution is 5.88. The molecule has 0 aliphatic rings. The highest BCUT2D eigenvalue weighted by atomic mass is 19.3. The molecule has 0 aromatic carbocycles. The van der Waals surface area contributed by atoms with Gasteiger partial charge in [-0.05, 0) is 25.5 Å². The molecular weight excluding hydrogens is 242 g/mol. The highest BCUT2D eigenvalue weighted by Crippen LogP contribution is 2.27. The van der Waals surface area contributed by atoms with E-state index < -0.39 is 17.6 Å². The minimum absolute atomic E-state index is 0.0277. The van der Waals surface area contributed by atoms with Crippen LogP contribution in [-0.4, -0.2) is 22.1 Å². The Bertz CT molecular complexity index is 444. The molecule has 0 saturated carbocycles. The first-order chi connectivity index (χ1) is 8.24. The number of hydrogen-bond donors (Lipinski definition) is 2. The van der Waals surface area contributed by atoms with Gasteiger partial charge in [-0.1, -0.05) is 6.92 Å². The second-order valence-electron chi connectivity index (χ2n) is 4.27. The Morgan fingerprint density at radius 1 is 1.56 bits per heavy atom. The van der Waals surface area contributed by atoms with Crippen molar-refractivity contribution in [1.82, 2.24) is 4.98 Å². The van der Waals surface area contributed by atoms with E-state index in [1.165, 1.54) is 6.07 Å². The van der Waals surface area contributed by atoms with Gasteiger partial charge in [-0.15, -0.1) is 0 Å². The maximum absolute atomic E-state index is 13.2. The Balaban J connectivity index is 3.18. The summed E-state index contributed by atoms with van der Waals surface area (Å²) < 4.78 is 26.4. The third-order valence-electron chi connectivity index (χ3n) is 2.53. The first kappa shape index (κ1) is 14.3. The molecule has 1 rings (SSSR count). The van der Waals surface area contributed by atoms with Crippen LogP contribution in [0.25, 0.3) is 0 Å². The molecule has 1 aromatic rings. The molecule has 2 N–H and O–H groups in total. The molecule has 1 atom stereocenters. The number of nitrogens with zero attached hydrogens (tertiary/aromatic N) is 1. The average molecular weight is 258 g/mol. The minimum Gasteiger partial charge on any atom is -0.478 e. The van der Waals surface area contributed by atoms with Crippen LogP contribution in [0.5, 0.6) is 0 Å². The smallest absolute Gasteiger partial charge is 0.335 e. The van der Waals surface area contributed by atoms with Crippen LogP contribution in [0.1, 0.15) is 43.2 Å². The number of alkyl halides is 2. The predicted octanol–water partition coefficient (Wildman–Crippen LogP) is 3.10. The average Bonchev–Trinajstić information content (AvgIpc) is 2.27. The van der Waals surface area contributed by atoms with Crippen LogP contribution in [0, 0.1) is 0 Å². The van der Waals surface area contributed by atoms with Crippen molar-refractivity contribution in [3.8, 4) is 0 Å². The fourth-order valence-corrected chi connectivity index (χ4v) is 1.31. The Morgan fingerprint density at radius 2 is 2.17 bits per heavy atom. The summed E-state index contributed by atoms with van der Waals surface area (Å²) in [7, 11) is 0. The van der Waals surface area contributed by atoms with Crippen molar-refractivity contribution in [1.29, 1.82) is 0 Å². The zero-order valence-corrected chi connectivity index (χ0v) is 10.5. The molecule has 100 valence electrons. The number of hydrogen-bond acceptors (Lipinski definition) is 3. The monoisotopic (exact) mass is 258 g/mol. The molecule has 0 saturated heterocycles. The van der Waals surface area contributed by atoms with E-state index >= 15 is 0 Å². The third kappa shape index (κ3) is 3.65. The molecule has 0 bridgehead atoms. The van der Waals surface area contributed by atoms with Crippen molar-refractivity contribution in [3.63, 3.8) is 0 Å². The van der Waals surface area contributed by atoms with Gasteiger partial charge in [-0.25, -0.2) is 9.78 Å². The Labute approximate surface area is 104 Å². The molecule has 1 heterocycles. The second kappa shape index (κ2) is 5.29. The van der Waals surface area contributed by atoms with Crippen molar-refractivity contribution in [2.45, 2.75) is 39.2 Å². The van der Waals surface area contributed by atoms with Crippen LogP contribution in [0.2, 0.25) is 0 Å². The van der Waals surface area contributed by atoms with Gasteiger partial charge in [0, 0.05) is 13.0 Å². The lowest BCUT2D eigenvalue weighted by Crippen LogP contribution is -2.18. The summed E-state index contributed by atoms with van der Waals surface area (Å²) in [4.78, 5) is 14.6. The molecule has 1 unspecified atom stereocenters. The van der Waals surface area contributed by atoms with Gasteiger partial charge in [0.05, 0.1) is 5.56 Å². The summed E-state index contributed by atoms with van der Waals surface area (Å²) in [5.74, 6) is -4.27. The molecule has 1 aromatic heterocycles. The Kier molecular flexibility index (Phi) is 4.21. The lowest BCUT2D eigenvalue weighted by Gasteiger charge is -2.16. The maximum Gasteiger partial charge on any atom is 0.335 e. The summed E-state index contributed by atoms with van der Waals surface area (Å²) in [6.07, 6.45) is 0.775. The fraction of sp³-hybridized carbons (Fsp3) is 0.500. The zero-order valence-electron chi connectivity index (χ0n) is 10.5. The first-order valence-electron chi connectivity index (χ1n) is 5.64. The van der Waals surface area contributed by atoms with Crippen molar-refractivity contribution >= 4 is 11.8 Å². The molecule has 4 nitrogen and oxygen atoms in total. The van der Waals surface area contributed by atoms with Crippen LogP contribution in [-0.2, 0) is 5.92 Å². The summed E-state index contributed by atoms with van der Waals surface area (Å²) in [5.41, 5.74) is -0.750. The first-order valence-corrected chi connectivity index (χ1v) is 5.64. The van der Waals surface area contributed by atoms with Gasteiger partial charge in [0.25, 0.3) is 5.92 Å². The highest BCUT2D eigenvalue weighted by Gasteiger charge is 2.28. The number of nitrogens with one attached hydrogen (secondary N) is 1. The van der Waals surface area contributed by atoms with Gasteiger partial charge in [0.15, 0.2) is 0 Å². The lowest BCUT2D eigenvalue weighted by atomic mass is 10.1. The van der Waals surface area contributed by atoms with Gasteiger partial charge in [0.2, 0.25) is 0 Å². The minimum atomic E-state index is -3.17. The number of carboxylic acids is 1. The van der Waals surface area contributed by atoms with Crippen LogP contribution >= 0.6 is 0 Å². The van der Waals surface area contributed by atoms with Crippen molar-refractivity contribution in [2.24, 2.45) is 0 Å². The molecule has 0 radical (unpaired) electrons. The number of rotatable bonds is 5. The summed E-state index contributed by atoms with van der Waals surface area (Å²) in [5, 5.41) is 11.8. The van der Waals surface area contributed by atoms with E-state index in [-0.39, 0.29) is 17.4 Å². The molecule has 0 amide bonds. The van der Waals surface area contributed by atoms with E-state index in [2.05, 4.69) is 10.3 Å².